The number of imidazole rings is 1. The zero-order valence-corrected chi connectivity index (χ0v) is 11.3. The molecule has 0 bridgehead atoms. The number of benzene rings is 1. The first-order valence-corrected chi connectivity index (χ1v) is 6.49. The van der Waals surface area contributed by atoms with Gasteiger partial charge < -0.3 is 15.0 Å². The highest BCUT2D eigenvalue weighted by atomic mass is 19.4. The molecule has 114 valence electrons. The van der Waals surface area contributed by atoms with Gasteiger partial charge in [0.2, 0.25) is 0 Å². The standard InChI is InChI=1S/C14H16F3N3O/c15-14(16,17)12-9-11(3-4-18)1-2-13(12)21-8-7-20-6-5-19-10-20/h1-2,5-6,9-10H,3-4,7-8,18H2. The Kier molecular flexibility index (Phi) is 4.85. The van der Waals surface area contributed by atoms with Crippen molar-refractivity contribution >= 4 is 0 Å². The maximum absolute atomic E-state index is 13.0. The molecule has 0 unspecified atom stereocenters. The van der Waals surface area contributed by atoms with Crippen molar-refractivity contribution in [2.24, 2.45) is 5.73 Å². The fourth-order valence-corrected chi connectivity index (χ4v) is 1.93. The van der Waals surface area contributed by atoms with Crippen molar-refractivity contribution in [2.75, 3.05) is 13.2 Å². The number of nitrogens with zero attached hydrogens (tertiary/aromatic N) is 2. The molecule has 4 nitrogen and oxygen atoms in total. The van der Waals surface area contributed by atoms with Crippen molar-refractivity contribution in [3.05, 3.63) is 48.0 Å². The summed E-state index contributed by atoms with van der Waals surface area (Å²) in [7, 11) is 0. The Balaban J connectivity index is 2.10. The second-order valence-electron chi connectivity index (χ2n) is 4.52. The molecule has 21 heavy (non-hydrogen) atoms. The third kappa shape index (κ3) is 4.22. The normalized spacial score (nSPS) is 11.6. The number of aromatic nitrogens is 2. The summed E-state index contributed by atoms with van der Waals surface area (Å²) in [4.78, 5) is 3.85. The molecule has 0 aliphatic heterocycles. The predicted molar refractivity (Wildman–Crippen MR) is 71.9 cm³/mol. The van der Waals surface area contributed by atoms with Crippen molar-refractivity contribution in [3.8, 4) is 5.75 Å². The third-order valence-corrected chi connectivity index (χ3v) is 2.95. The topological polar surface area (TPSA) is 53.1 Å². The lowest BCUT2D eigenvalue weighted by molar-refractivity contribution is -0.139. The van der Waals surface area contributed by atoms with Gasteiger partial charge in [0.05, 0.1) is 18.4 Å². The molecule has 1 aromatic carbocycles. The van der Waals surface area contributed by atoms with Gasteiger partial charge in [-0.15, -0.1) is 0 Å². The first-order valence-electron chi connectivity index (χ1n) is 6.49. The fourth-order valence-electron chi connectivity index (χ4n) is 1.93. The quantitative estimate of drug-likeness (QED) is 0.891. The summed E-state index contributed by atoms with van der Waals surface area (Å²) < 4.78 is 46.1. The molecule has 7 heteroatoms. The molecule has 0 saturated carbocycles. The lowest BCUT2D eigenvalue weighted by atomic mass is 10.1. The van der Waals surface area contributed by atoms with Crippen LogP contribution in [0.5, 0.6) is 5.75 Å². The van der Waals surface area contributed by atoms with E-state index in [4.69, 9.17) is 10.5 Å². The summed E-state index contributed by atoms with van der Waals surface area (Å²) in [5.74, 6) is -0.164. The highest BCUT2D eigenvalue weighted by Gasteiger charge is 2.34. The average Bonchev–Trinajstić information content (AvgIpc) is 2.92. The Morgan fingerprint density at radius 2 is 2.10 bits per heavy atom. The number of hydrogen-bond acceptors (Lipinski definition) is 3. The van der Waals surface area contributed by atoms with Gasteiger partial charge in [-0.25, -0.2) is 4.98 Å². The Labute approximate surface area is 120 Å². The van der Waals surface area contributed by atoms with Crippen LogP contribution in [0.1, 0.15) is 11.1 Å². The van der Waals surface area contributed by atoms with Gasteiger partial charge in [-0.2, -0.15) is 13.2 Å². The SMILES string of the molecule is NCCc1ccc(OCCn2ccnc2)c(C(F)(F)F)c1. The van der Waals surface area contributed by atoms with Crippen LogP contribution in [-0.2, 0) is 19.1 Å². The Bertz CT molecular complexity index is 567. The third-order valence-electron chi connectivity index (χ3n) is 2.95. The minimum absolute atomic E-state index is 0.135. The lowest BCUT2D eigenvalue weighted by Crippen LogP contribution is -2.13. The molecule has 0 atom stereocenters. The lowest BCUT2D eigenvalue weighted by Gasteiger charge is -2.15. The Morgan fingerprint density at radius 1 is 1.29 bits per heavy atom. The van der Waals surface area contributed by atoms with Gasteiger partial charge in [0.25, 0.3) is 0 Å². The van der Waals surface area contributed by atoms with Gasteiger partial charge in [-0.05, 0) is 30.7 Å². The molecule has 0 saturated heterocycles. The van der Waals surface area contributed by atoms with E-state index in [1.54, 1.807) is 29.4 Å². The van der Waals surface area contributed by atoms with Crippen LogP contribution >= 0.6 is 0 Å². The largest absolute Gasteiger partial charge is 0.491 e. The molecule has 1 heterocycles. The minimum Gasteiger partial charge on any atom is -0.491 e. The molecule has 0 aliphatic rings. The molecular formula is C14H16F3N3O. The fraction of sp³-hybridized carbons (Fsp3) is 0.357. The van der Waals surface area contributed by atoms with Gasteiger partial charge in [-0.1, -0.05) is 6.07 Å². The average molecular weight is 299 g/mol. The number of rotatable bonds is 6. The van der Waals surface area contributed by atoms with Gasteiger partial charge in [0.15, 0.2) is 0 Å². The summed E-state index contributed by atoms with van der Waals surface area (Å²) in [5, 5.41) is 0. The predicted octanol–water partition coefficient (Wildman–Crippen LogP) is 2.48. The number of halogens is 3. The van der Waals surface area contributed by atoms with Crippen LogP contribution in [0.15, 0.2) is 36.9 Å². The molecule has 2 rings (SSSR count). The maximum atomic E-state index is 13.0. The van der Waals surface area contributed by atoms with Crippen LogP contribution in [0.25, 0.3) is 0 Å². The highest BCUT2D eigenvalue weighted by Crippen LogP contribution is 2.36. The van der Waals surface area contributed by atoms with Crippen molar-refractivity contribution < 1.29 is 17.9 Å². The zero-order chi connectivity index (χ0) is 15.3. The molecular weight excluding hydrogens is 283 g/mol. The van der Waals surface area contributed by atoms with Gasteiger partial charge >= 0.3 is 6.18 Å². The van der Waals surface area contributed by atoms with E-state index < -0.39 is 11.7 Å². The minimum atomic E-state index is -4.45. The second kappa shape index (κ2) is 6.62. The van der Waals surface area contributed by atoms with Crippen LogP contribution in [0.3, 0.4) is 0 Å². The van der Waals surface area contributed by atoms with Crippen LogP contribution < -0.4 is 10.5 Å². The van der Waals surface area contributed by atoms with E-state index in [9.17, 15) is 13.2 Å². The molecule has 1 aromatic heterocycles. The van der Waals surface area contributed by atoms with E-state index >= 15 is 0 Å². The number of nitrogens with two attached hydrogens (primary N) is 1. The van der Waals surface area contributed by atoms with Crippen molar-refractivity contribution in [3.63, 3.8) is 0 Å². The van der Waals surface area contributed by atoms with Crippen molar-refractivity contribution in [2.45, 2.75) is 19.1 Å². The van der Waals surface area contributed by atoms with Gasteiger partial charge in [0, 0.05) is 12.4 Å². The zero-order valence-electron chi connectivity index (χ0n) is 11.3. The van der Waals surface area contributed by atoms with Crippen LogP contribution in [0.2, 0.25) is 0 Å². The monoisotopic (exact) mass is 299 g/mol. The summed E-state index contributed by atoms with van der Waals surface area (Å²) >= 11 is 0. The van der Waals surface area contributed by atoms with E-state index in [2.05, 4.69) is 4.98 Å². The maximum Gasteiger partial charge on any atom is 0.419 e. The first-order chi connectivity index (χ1) is 10.0. The van der Waals surface area contributed by atoms with Crippen LogP contribution in [-0.4, -0.2) is 22.7 Å². The van der Waals surface area contributed by atoms with Gasteiger partial charge in [-0.3, -0.25) is 0 Å². The van der Waals surface area contributed by atoms with Crippen molar-refractivity contribution in [1.82, 2.24) is 9.55 Å². The summed E-state index contributed by atoms with van der Waals surface area (Å²) in [6.45, 7) is 0.871. The molecule has 0 spiro atoms. The molecule has 2 aromatic rings. The van der Waals surface area contributed by atoms with Crippen LogP contribution in [0.4, 0.5) is 13.2 Å². The number of alkyl halides is 3. The second-order valence-corrected chi connectivity index (χ2v) is 4.52. The highest BCUT2D eigenvalue weighted by molar-refractivity contribution is 5.39. The summed E-state index contributed by atoms with van der Waals surface area (Å²) in [6.07, 6.45) is 0.854. The smallest absolute Gasteiger partial charge is 0.419 e. The van der Waals surface area contributed by atoms with E-state index in [1.165, 1.54) is 6.07 Å². The number of hydrogen-bond donors (Lipinski definition) is 1. The van der Waals surface area contributed by atoms with Crippen molar-refractivity contribution in [1.29, 1.82) is 0 Å². The Hall–Kier alpha value is -2.02. The first kappa shape index (κ1) is 15.4. The van der Waals surface area contributed by atoms with E-state index in [0.29, 0.717) is 25.1 Å². The molecule has 0 fully saturated rings. The molecule has 0 radical (unpaired) electrons. The van der Waals surface area contributed by atoms with E-state index in [1.807, 2.05) is 0 Å². The van der Waals surface area contributed by atoms with Crippen LogP contribution in [0, 0.1) is 0 Å². The van der Waals surface area contributed by atoms with E-state index in [0.717, 1.165) is 6.07 Å². The summed E-state index contributed by atoms with van der Waals surface area (Å²) in [6, 6.07) is 4.05. The Morgan fingerprint density at radius 3 is 2.71 bits per heavy atom. The van der Waals surface area contributed by atoms with Gasteiger partial charge in [0.1, 0.15) is 12.4 Å². The summed E-state index contributed by atoms with van der Waals surface area (Å²) in [5.41, 5.74) is 5.15. The molecule has 2 N–H and O–H groups in total. The van der Waals surface area contributed by atoms with E-state index in [-0.39, 0.29) is 12.4 Å². The number of ether oxygens (including phenoxy) is 1. The molecule has 0 aliphatic carbocycles. The molecule has 0 amide bonds.